The minimum atomic E-state index is -0.967. The number of carbonyl (C=O) groups excluding carboxylic acids is 1. The van der Waals surface area contributed by atoms with Crippen LogP contribution < -0.4 is 4.74 Å². The van der Waals surface area contributed by atoms with Crippen molar-refractivity contribution in [2.45, 2.75) is 52.7 Å². The summed E-state index contributed by atoms with van der Waals surface area (Å²) in [6, 6.07) is 1.64. The Morgan fingerprint density at radius 3 is 2.47 bits per heavy atom. The number of rotatable bonds is 7. The van der Waals surface area contributed by atoms with Crippen molar-refractivity contribution >= 4 is 5.78 Å². The molecule has 0 saturated heterocycles. The van der Waals surface area contributed by atoms with Crippen LogP contribution in [-0.2, 0) is 0 Å². The fourth-order valence-electron chi connectivity index (χ4n) is 2.01. The second-order valence-electron chi connectivity index (χ2n) is 4.96. The van der Waals surface area contributed by atoms with Gasteiger partial charge in [-0.2, -0.15) is 0 Å². The van der Waals surface area contributed by atoms with Gasteiger partial charge in [0.05, 0.1) is 12.3 Å². The predicted molar refractivity (Wildman–Crippen MR) is 74.4 cm³/mol. The second kappa shape index (κ2) is 7.24. The van der Waals surface area contributed by atoms with Gasteiger partial charge in [0.1, 0.15) is 11.9 Å². The van der Waals surface area contributed by atoms with Crippen LogP contribution in [0.15, 0.2) is 18.5 Å². The van der Waals surface area contributed by atoms with Crippen LogP contribution in [-0.4, -0.2) is 28.1 Å². The summed E-state index contributed by atoms with van der Waals surface area (Å²) in [6.45, 7) is 7.77. The summed E-state index contributed by atoms with van der Waals surface area (Å²) in [5.41, 5.74) is 0.401. The molecule has 0 bridgehead atoms. The number of carbonyl (C=O) groups is 1. The highest BCUT2D eigenvalue weighted by atomic mass is 16.5. The van der Waals surface area contributed by atoms with E-state index in [1.165, 1.54) is 6.20 Å². The van der Waals surface area contributed by atoms with E-state index in [4.69, 9.17) is 4.74 Å². The number of pyridine rings is 1. The van der Waals surface area contributed by atoms with Gasteiger partial charge in [0, 0.05) is 11.8 Å². The molecule has 0 spiro atoms. The average Bonchev–Trinajstić information content (AvgIpc) is 2.38. The molecule has 1 heterocycles. The summed E-state index contributed by atoms with van der Waals surface area (Å²) in [7, 11) is 0. The highest BCUT2D eigenvalue weighted by Gasteiger charge is 2.25. The van der Waals surface area contributed by atoms with Crippen molar-refractivity contribution in [3.63, 3.8) is 0 Å². The topological polar surface area (TPSA) is 59.4 Å². The van der Waals surface area contributed by atoms with E-state index in [9.17, 15) is 9.90 Å². The van der Waals surface area contributed by atoms with Gasteiger partial charge in [-0.3, -0.25) is 9.78 Å². The molecule has 0 aromatic carbocycles. The van der Waals surface area contributed by atoms with E-state index in [0.717, 1.165) is 12.8 Å². The normalized spacial score (nSPS) is 12.8. The number of ether oxygens (including phenoxy) is 1. The Kier molecular flexibility index (Phi) is 5.96. The van der Waals surface area contributed by atoms with Gasteiger partial charge in [-0.05, 0) is 25.8 Å². The van der Waals surface area contributed by atoms with Crippen molar-refractivity contribution in [1.29, 1.82) is 0 Å². The zero-order valence-corrected chi connectivity index (χ0v) is 12.1. The number of ketones is 1. The quantitative estimate of drug-likeness (QED) is 0.770. The van der Waals surface area contributed by atoms with Crippen LogP contribution in [0.25, 0.3) is 0 Å². The average molecular weight is 265 g/mol. The fraction of sp³-hybridized carbons (Fsp3) is 0.600. The van der Waals surface area contributed by atoms with Gasteiger partial charge in [-0.15, -0.1) is 0 Å². The lowest BCUT2D eigenvalue weighted by Gasteiger charge is -2.19. The first-order chi connectivity index (χ1) is 8.99. The molecule has 0 amide bonds. The maximum absolute atomic E-state index is 12.2. The molecule has 0 saturated carbocycles. The highest BCUT2D eigenvalue weighted by Crippen LogP contribution is 2.19. The second-order valence-corrected chi connectivity index (χ2v) is 4.96. The van der Waals surface area contributed by atoms with E-state index in [-0.39, 0.29) is 17.8 Å². The number of nitrogens with zero attached hydrogens (tertiary/aromatic N) is 1. The van der Waals surface area contributed by atoms with Crippen LogP contribution in [0, 0.1) is 5.92 Å². The molecule has 1 aromatic rings. The van der Waals surface area contributed by atoms with Gasteiger partial charge in [0.2, 0.25) is 0 Å². The Bertz CT molecular complexity index is 414. The Balaban J connectivity index is 2.87. The van der Waals surface area contributed by atoms with Crippen molar-refractivity contribution in [2.75, 3.05) is 0 Å². The van der Waals surface area contributed by atoms with E-state index in [1.807, 2.05) is 27.7 Å². The lowest BCUT2D eigenvalue weighted by molar-refractivity contribution is 0.0587. The number of aliphatic hydroxyl groups excluding tert-OH is 1. The summed E-state index contributed by atoms with van der Waals surface area (Å²) in [4.78, 5) is 16.2. The van der Waals surface area contributed by atoms with Crippen molar-refractivity contribution in [2.24, 2.45) is 5.92 Å². The van der Waals surface area contributed by atoms with Crippen LogP contribution in [0.1, 0.15) is 50.9 Å². The lowest BCUT2D eigenvalue weighted by Crippen LogP contribution is -2.29. The van der Waals surface area contributed by atoms with Crippen molar-refractivity contribution in [3.8, 4) is 5.75 Å². The Morgan fingerprint density at radius 1 is 1.32 bits per heavy atom. The van der Waals surface area contributed by atoms with Gasteiger partial charge >= 0.3 is 0 Å². The van der Waals surface area contributed by atoms with Crippen molar-refractivity contribution in [1.82, 2.24) is 4.98 Å². The van der Waals surface area contributed by atoms with E-state index in [2.05, 4.69) is 4.98 Å². The van der Waals surface area contributed by atoms with Gasteiger partial charge in [-0.1, -0.05) is 26.7 Å². The number of aromatic nitrogens is 1. The third-order valence-corrected chi connectivity index (χ3v) is 3.13. The maximum atomic E-state index is 12.2. The molecule has 1 unspecified atom stereocenters. The number of hydrogen-bond donors (Lipinski definition) is 1. The molecule has 4 nitrogen and oxygen atoms in total. The highest BCUT2D eigenvalue weighted by molar-refractivity contribution is 5.99. The zero-order valence-electron chi connectivity index (χ0n) is 12.1. The van der Waals surface area contributed by atoms with Gasteiger partial charge in [0.25, 0.3) is 0 Å². The summed E-state index contributed by atoms with van der Waals surface area (Å²) in [5.74, 6) is 0.259. The SMILES string of the molecule is CCC(CC)C(O)C(=O)c1cncc(OC(C)C)c1. The maximum Gasteiger partial charge on any atom is 0.193 e. The van der Waals surface area contributed by atoms with Crippen LogP contribution >= 0.6 is 0 Å². The molecular weight excluding hydrogens is 242 g/mol. The molecule has 0 aliphatic rings. The molecule has 19 heavy (non-hydrogen) atoms. The monoisotopic (exact) mass is 265 g/mol. The Hall–Kier alpha value is -1.42. The molecule has 0 radical (unpaired) electrons. The minimum Gasteiger partial charge on any atom is -0.489 e. The number of Topliss-reactive ketones (excluding diaryl/α,β-unsaturated/α-hetero) is 1. The van der Waals surface area contributed by atoms with E-state index >= 15 is 0 Å². The Labute approximate surface area is 114 Å². The summed E-state index contributed by atoms with van der Waals surface area (Å²) >= 11 is 0. The van der Waals surface area contributed by atoms with Gasteiger partial charge in [-0.25, -0.2) is 0 Å². The van der Waals surface area contributed by atoms with E-state index in [0.29, 0.717) is 11.3 Å². The smallest absolute Gasteiger partial charge is 0.193 e. The fourth-order valence-corrected chi connectivity index (χ4v) is 2.01. The molecular formula is C15H23NO3. The van der Waals surface area contributed by atoms with E-state index < -0.39 is 6.10 Å². The first kappa shape index (κ1) is 15.6. The molecule has 1 N–H and O–H groups in total. The zero-order chi connectivity index (χ0) is 14.4. The lowest BCUT2D eigenvalue weighted by atomic mass is 9.91. The molecule has 1 rings (SSSR count). The standard InChI is InChI=1S/C15H23NO3/c1-5-11(6-2)14(17)15(18)12-7-13(9-16-8-12)19-10(3)4/h7-11,14,17H,5-6H2,1-4H3. The number of hydrogen-bond acceptors (Lipinski definition) is 4. The van der Waals surface area contributed by atoms with Gasteiger partial charge < -0.3 is 9.84 Å². The summed E-state index contributed by atoms with van der Waals surface area (Å²) < 4.78 is 5.50. The molecule has 106 valence electrons. The third-order valence-electron chi connectivity index (χ3n) is 3.13. The van der Waals surface area contributed by atoms with Crippen LogP contribution in [0.2, 0.25) is 0 Å². The summed E-state index contributed by atoms with van der Waals surface area (Å²) in [5, 5.41) is 10.1. The van der Waals surface area contributed by atoms with Gasteiger partial charge in [0.15, 0.2) is 5.78 Å². The van der Waals surface area contributed by atoms with Crippen molar-refractivity contribution in [3.05, 3.63) is 24.0 Å². The van der Waals surface area contributed by atoms with Crippen LogP contribution in [0.3, 0.4) is 0 Å². The molecule has 1 aromatic heterocycles. The number of aliphatic hydroxyl groups is 1. The first-order valence-electron chi connectivity index (χ1n) is 6.83. The molecule has 0 aliphatic heterocycles. The summed E-state index contributed by atoms with van der Waals surface area (Å²) in [6.07, 6.45) is 3.65. The molecule has 4 heteroatoms. The van der Waals surface area contributed by atoms with Crippen molar-refractivity contribution < 1.29 is 14.6 Å². The molecule has 0 aliphatic carbocycles. The van der Waals surface area contributed by atoms with Crippen LogP contribution in [0.5, 0.6) is 5.75 Å². The third kappa shape index (κ3) is 4.31. The first-order valence-corrected chi connectivity index (χ1v) is 6.83. The Morgan fingerprint density at radius 2 is 1.95 bits per heavy atom. The molecule has 1 atom stereocenters. The predicted octanol–water partition coefficient (Wildman–Crippen LogP) is 2.85. The van der Waals surface area contributed by atoms with E-state index in [1.54, 1.807) is 12.3 Å². The molecule has 0 fully saturated rings. The largest absolute Gasteiger partial charge is 0.489 e. The minimum absolute atomic E-state index is 0.0119. The van der Waals surface area contributed by atoms with Crippen LogP contribution in [0.4, 0.5) is 0 Å².